The minimum atomic E-state index is -1.03. The van der Waals surface area contributed by atoms with Crippen LogP contribution in [0.15, 0.2) is 30.3 Å². The van der Waals surface area contributed by atoms with Crippen LogP contribution in [0.25, 0.3) is 0 Å². The van der Waals surface area contributed by atoms with Crippen LogP contribution in [0.3, 0.4) is 0 Å². The molecule has 0 saturated heterocycles. The van der Waals surface area contributed by atoms with Gasteiger partial charge < -0.3 is 10.5 Å². The Balaban J connectivity index is 2.85. The summed E-state index contributed by atoms with van der Waals surface area (Å²) in [5, 5.41) is 0. The maximum Gasteiger partial charge on any atom is 0.186 e. The third-order valence-electron chi connectivity index (χ3n) is 1.51. The lowest BCUT2D eigenvalue weighted by atomic mass is 10.1. The van der Waals surface area contributed by atoms with Gasteiger partial charge in [-0.2, -0.15) is 0 Å². The quantitative estimate of drug-likeness (QED) is 0.398. The van der Waals surface area contributed by atoms with Gasteiger partial charge in [-0.1, -0.05) is 30.3 Å². The molecule has 0 radical (unpaired) electrons. The molecule has 0 aromatic heterocycles. The molecule has 1 aromatic carbocycles. The molecule has 2 N–H and O–H groups in total. The van der Waals surface area contributed by atoms with E-state index < -0.39 is 6.04 Å². The van der Waals surface area contributed by atoms with Crippen molar-refractivity contribution in [2.75, 3.05) is 0 Å². The second kappa shape index (κ2) is 3.78. The number of hydrogen-bond donors (Lipinski definition) is 1. The Morgan fingerprint density at radius 3 is 2.42 bits per heavy atom. The number of nitrogens with two attached hydrogens (primary N) is 1. The second-order valence-electron chi connectivity index (χ2n) is 2.39. The van der Waals surface area contributed by atoms with E-state index in [1.165, 1.54) is 0 Å². The van der Waals surface area contributed by atoms with Crippen molar-refractivity contribution < 1.29 is 9.59 Å². The van der Waals surface area contributed by atoms with Crippen LogP contribution in [-0.4, -0.2) is 18.1 Å². The molecule has 12 heavy (non-hydrogen) atoms. The largest absolute Gasteiger partial charge is 0.315 e. The van der Waals surface area contributed by atoms with Crippen LogP contribution < -0.4 is 5.73 Å². The number of rotatable bonds is 3. The van der Waals surface area contributed by atoms with Crippen LogP contribution >= 0.6 is 0 Å². The van der Waals surface area contributed by atoms with Gasteiger partial charge in [0.1, 0.15) is 12.3 Å². The summed E-state index contributed by atoms with van der Waals surface area (Å²) in [5.74, 6) is -0.342. The van der Waals surface area contributed by atoms with E-state index >= 15 is 0 Å². The molecule has 0 heterocycles. The monoisotopic (exact) mass is 163 g/mol. The van der Waals surface area contributed by atoms with Gasteiger partial charge in [0, 0.05) is 5.56 Å². The Bertz CT molecular complexity index is 282. The average Bonchev–Trinajstić information content (AvgIpc) is 2.17. The zero-order chi connectivity index (χ0) is 8.97. The Hall–Kier alpha value is -1.48. The number of Topliss-reactive ketones (excluding diaryl/α,β-unsaturated/α-hetero) is 1. The minimum absolute atomic E-state index is 0.342. The van der Waals surface area contributed by atoms with Gasteiger partial charge in [-0.05, 0) is 0 Å². The molecule has 0 spiro atoms. The lowest BCUT2D eigenvalue weighted by Crippen LogP contribution is -2.31. The summed E-state index contributed by atoms with van der Waals surface area (Å²) in [6.45, 7) is 0. The van der Waals surface area contributed by atoms with E-state index in [4.69, 9.17) is 5.73 Å². The SMILES string of the molecule is N[C@@H](C=O)C(=O)c1ccccc1. The fraction of sp³-hybridized carbons (Fsp3) is 0.111. The summed E-state index contributed by atoms with van der Waals surface area (Å²) >= 11 is 0. The summed E-state index contributed by atoms with van der Waals surface area (Å²) in [6, 6.07) is 7.48. The maximum atomic E-state index is 11.2. The van der Waals surface area contributed by atoms with Crippen molar-refractivity contribution in [1.29, 1.82) is 0 Å². The summed E-state index contributed by atoms with van der Waals surface area (Å²) in [5.41, 5.74) is 5.70. The van der Waals surface area contributed by atoms with Crippen LogP contribution in [-0.2, 0) is 4.79 Å². The lowest BCUT2D eigenvalue weighted by Gasteiger charge is -2.01. The van der Waals surface area contributed by atoms with E-state index in [-0.39, 0.29) is 5.78 Å². The summed E-state index contributed by atoms with van der Waals surface area (Å²) < 4.78 is 0. The van der Waals surface area contributed by atoms with E-state index in [1.807, 2.05) is 0 Å². The fourth-order valence-electron chi connectivity index (χ4n) is 0.857. The molecule has 1 atom stereocenters. The number of ketones is 1. The first kappa shape index (κ1) is 8.62. The van der Waals surface area contributed by atoms with Crippen molar-refractivity contribution in [3.8, 4) is 0 Å². The third-order valence-corrected chi connectivity index (χ3v) is 1.51. The Morgan fingerprint density at radius 1 is 1.33 bits per heavy atom. The molecule has 1 aromatic rings. The van der Waals surface area contributed by atoms with Crippen LogP contribution in [0.2, 0.25) is 0 Å². The molecule has 0 saturated carbocycles. The van der Waals surface area contributed by atoms with Gasteiger partial charge >= 0.3 is 0 Å². The maximum absolute atomic E-state index is 11.2. The highest BCUT2D eigenvalue weighted by Gasteiger charge is 2.13. The van der Waals surface area contributed by atoms with Crippen molar-refractivity contribution in [3.05, 3.63) is 35.9 Å². The normalized spacial score (nSPS) is 12.1. The molecule has 3 heteroatoms. The average molecular weight is 163 g/mol. The predicted octanol–water partition coefficient (Wildman–Crippen LogP) is 0.395. The minimum Gasteiger partial charge on any atom is -0.315 e. The van der Waals surface area contributed by atoms with Crippen LogP contribution in [0.5, 0.6) is 0 Å². The molecule has 0 aliphatic heterocycles. The van der Waals surface area contributed by atoms with Crippen LogP contribution in [0, 0.1) is 0 Å². The van der Waals surface area contributed by atoms with E-state index in [2.05, 4.69) is 0 Å². The Labute approximate surface area is 70.2 Å². The summed E-state index contributed by atoms with van der Waals surface area (Å²) in [6.07, 6.45) is 0.440. The molecule has 3 nitrogen and oxygen atoms in total. The highest BCUT2D eigenvalue weighted by atomic mass is 16.1. The molecule has 0 fully saturated rings. The van der Waals surface area contributed by atoms with E-state index in [9.17, 15) is 9.59 Å². The van der Waals surface area contributed by atoms with Crippen molar-refractivity contribution >= 4 is 12.1 Å². The van der Waals surface area contributed by atoms with E-state index in [0.717, 1.165) is 0 Å². The van der Waals surface area contributed by atoms with Gasteiger partial charge in [-0.15, -0.1) is 0 Å². The third kappa shape index (κ3) is 1.77. The number of aldehydes is 1. The molecular weight excluding hydrogens is 154 g/mol. The second-order valence-corrected chi connectivity index (χ2v) is 2.39. The first-order chi connectivity index (χ1) is 5.75. The summed E-state index contributed by atoms with van der Waals surface area (Å²) in [7, 11) is 0. The van der Waals surface area contributed by atoms with Gasteiger partial charge in [0.05, 0.1) is 0 Å². The molecule has 0 bridgehead atoms. The van der Waals surface area contributed by atoms with Crippen LogP contribution in [0.4, 0.5) is 0 Å². The first-order valence-corrected chi connectivity index (χ1v) is 3.56. The molecule has 0 aliphatic carbocycles. The molecule has 0 amide bonds. The number of carbonyl (C=O) groups excluding carboxylic acids is 2. The standard InChI is InChI=1S/C9H9NO2/c10-8(6-11)9(12)7-4-2-1-3-5-7/h1-6,8H,10H2/t8-/m0/s1. The molecule has 0 aliphatic rings. The number of carbonyl (C=O) groups is 2. The van der Waals surface area contributed by atoms with E-state index in [0.29, 0.717) is 11.8 Å². The number of hydrogen-bond acceptors (Lipinski definition) is 3. The Kier molecular flexibility index (Phi) is 2.71. The first-order valence-electron chi connectivity index (χ1n) is 3.56. The van der Waals surface area contributed by atoms with Crippen molar-refractivity contribution in [2.24, 2.45) is 5.73 Å². The zero-order valence-electron chi connectivity index (χ0n) is 6.44. The van der Waals surface area contributed by atoms with Gasteiger partial charge in [0.25, 0.3) is 0 Å². The van der Waals surface area contributed by atoms with Crippen molar-refractivity contribution in [1.82, 2.24) is 0 Å². The fourth-order valence-corrected chi connectivity index (χ4v) is 0.857. The van der Waals surface area contributed by atoms with Crippen molar-refractivity contribution in [3.63, 3.8) is 0 Å². The molecular formula is C9H9NO2. The molecule has 62 valence electrons. The topological polar surface area (TPSA) is 60.2 Å². The van der Waals surface area contributed by atoms with Gasteiger partial charge in [-0.3, -0.25) is 4.79 Å². The van der Waals surface area contributed by atoms with Gasteiger partial charge in [-0.25, -0.2) is 0 Å². The van der Waals surface area contributed by atoms with Gasteiger partial charge in [0.15, 0.2) is 5.78 Å². The van der Waals surface area contributed by atoms with Crippen LogP contribution in [0.1, 0.15) is 10.4 Å². The van der Waals surface area contributed by atoms with Crippen molar-refractivity contribution in [2.45, 2.75) is 6.04 Å². The number of benzene rings is 1. The molecule has 0 unspecified atom stereocenters. The summed E-state index contributed by atoms with van der Waals surface area (Å²) in [4.78, 5) is 21.4. The molecule has 1 rings (SSSR count). The highest BCUT2D eigenvalue weighted by molar-refractivity contribution is 6.08. The van der Waals surface area contributed by atoms with E-state index in [1.54, 1.807) is 30.3 Å². The predicted molar refractivity (Wildman–Crippen MR) is 44.8 cm³/mol. The lowest BCUT2D eigenvalue weighted by molar-refractivity contribution is -0.108. The highest BCUT2D eigenvalue weighted by Crippen LogP contribution is 2.00. The zero-order valence-corrected chi connectivity index (χ0v) is 6.44. The smallest absolute Gasteiger partial charge is 0.186 e. The van der Waals surface area contributed by atoms with Gasteiger partial charge in [0.2, 0.25) is 0 Å². The Morgan fingerprint density at radius 2 is 1.92 bits per heavy atom.